The molecule has 1 aliphatic rings. The number of nitrogen functional groups attached to an aromatic ring is 1. The number of nitrogens with one attached hydrogen (secondary N) is 1. The molecule has 1 fully saturated rings. The number of benzene rings is 1. The second kappa shape index (κ2) is 7.15. The summed E-state index contributed by atoms with van der Waals surface area (Å²) in [6.45, 7) is 7.94. The van der Waals surface area contributed by atoms with E-state index in [0.717, 1.165) is 30.8 Å². The van der Waals surface area contributed by atoms with Gasteiger partial charge in [-0.25, -0.2) is 0 Å². The molecule has 138 valence electrons. The van der Waals surface area contributed by atoms with Gasteiger partial charge in [0.1, 0.15) is 0 Å². The Morgan fingerprint density at radius 3 is 2.58 bits per heavy atom. The first-order valence-corrected chi connectivity index (χ1v) is 8.74. The van der Waals surface area contributed by atoms with Crippen molar-refractivity contribution in [2.45, 2.75) is 27.2 Å². The summed E-state index contributed by atoms with van der Waals surface area (Å²) < 4.78 is 0. The fourth-order valence-electron chi connectivity index (χ4n) is 3.55. The molecule has 26 heavy (non-hydrogen) atoms. The lowest BCUT2D eigenvalue weighted by Gasteiger charge is -2.35. The molecule has 3 rings (SSSR count). The maximum atomic E-state index is 11.5. The van der Waals surface area contributed by atoms with Crippen LogP contribution in [0.15, 0.2) is 24.3 Å². The lowest BCUT2D eigenvalue weighted by Crippen LogP contribution is -2.39. The average molecular weight is 356 g/mol. The van der Waals surface area contributed by atoms with Gasteiger partial charge in [0, 0.05) is 18.8 Å². The molecule has 1 aromatic heterocycles. The van der Waals surface area contributed by atoms with Gasteiger partial charge in [0.05, 0.1) is 4.92 Å². The summed E-state index contributed by atoms with van der Waals surface area (Å²) in [6, 6.07) is 7.56. The van der Waals surface area contributed by atoms with Crippen molar-refractivity contribution in [2.75, 3.05) is 29.0 Å². The fraction of sp³-hybridized carbons (Fsp3) is 0.444. The Morgan fingerprint density at radius 1 is 1.27 bits per heavy atom. The predicted molar refractivity (Wildman–Crippen MR) is 103 cm³/mol. The molecule has 8 heteroatoms. The Labute approximate surface area is 152 Å². The van der Waals surface area contributed by atoms with Gasteiger partial charge < -0.3 is 16.0 Å². The zero-order valence-electron chi connectivity index (χ0n) is 15.3. The van der Waals surface area contributed by atoms with Crippen LogP contribution in [0.4, 0.5) is 29.0 Å². The van der Waals surface area contributed by atoms with Crippen LogP contribution >= 0.6 is 0 Å². The van der Waals surface area contributed by atoms with E-state index < -0.39 is 4.92 Å². The third-order valence-electron chi connectivity index (χ3n) is 4.51. The summed E-state index contributed by atoms with van der Waals surface area (Å²) in [7, 11) is 0. The molecular weight excluding hydrogens is 332 g/mol. The van der Waals surface area contributed by atoms with Crippen molar-refractivity contribution in [1.29, 1.82) is 0 Å². The molecule has 0 spiro atoms. The number of hydrogen-bond acceptors (Lipinski definition) is 7. The molecule has 0 amide bonds. The minimum absolute atomic E-state index is 0.119. The topological polar surface area (TPSA) is 110 Å². The normalized spacial score (nSPS) is 20.0. The van der Waals surface area contributed by atoms with Gasteiger partial charge in [-0.3, -0.25) is 10.1 Å². The minimum Gasteiger partial charge on any atom is -0.378 e. The van der Waals surface area contributed by atoms with E-state index in [1.54, 1.807) is 0 Å². The Balaban J connectivity index is 2.00. The van der Waals surface area contributed by atoms with Crippen molar-refractivity contribution in [3.8, 4) is 0 Å². The largest absolute Gasteiger partial charge is 0.378 e. The molecule has 0 radical (unpaired) electrons. The number of nitrogens with zero attached hydrogens (tertiary/aromatic N) is 4. The highest BCUT2D eigenvalue weighted by Gasteiger charge is 2.28. The van der Waals surface area contributed by atoms with E-state index in [-0.39, 0.29) is 17.3 Å². The van der Waals surface area contributed by atoms with Crippen LogP contribution in [0.5, 0.6) is 0 Å². The molecule has 0 unspecified atom stereocenters. The number of rotatable bonds is 4. The van der Waals surface area contributed by atoms with Gasteiger partial charge in [0.15, 0.2) is 0 Å². The van der Waals surface area contributed by atoms with Crippen LogP contribution in [0.2, 0.25) is 0 Å². The second-order valence-electron chi connectivity index (χ2n) is 7.21. The smallest absolute Gasteiger partial charge is 0.353 e. The zero-order chi connectivity index (χ0) is 18.8. The molecule has 1 aliphatic heterocycles. The van der Waals surface area contributed by atoms with Crippen molar-refractivity contribution < 1.29 is 4.92 Å². The summed E-state index contributed by atoms with van der Waals surface area (Å²) >= 11 is 0. The van der Waals surface area contributed by atoms with E-state index in [1.165, 1.54) is 0 Å². The highest BCUT2D eigenvalue weighted by molar-refractivity contribution is 5.74. The molecule has 0 aliphatic carbocycles. The highest BCUT2D eigenvalue weighted by atomic mass is 16.6. The van der Waals surface area contributed by atoms with Crippen LogP contribution in [-0.2, 0) is 0 Å². The number of nitrogens with two attached hydrogens (primary N) is 1. The summed E-state index contributed by atoms with van der Waals surface area (Å²) in [6.07, 6.45) is 1.15. The predicted octanol–water partition coefficient (Wildman–Crippen LogP) is 3.50. The first kappa shape index (κ1) is 17.9. The summed E-state index contributed by atoms with van der Waals surface area (Å²) in [5.41, 5.74) is 7.39. The number of piperidine rings is 1. The minimum atomic E-state index is -0.543. The third-order valence-corrected chi connectivity index (χ3v) is 4.51. The first-order chi connectivity index (χ1) is 12.3. The van der Waals surface area contributed by atoms with Gasteiger partial charge in [0.2, 0.25) is 17.6 Å². The molecule has 1 aromatic carbocycles. The average Bonchev–Trinajstić information content (AvgIpc) is 2.53. The van der Waals surface area contributed by atoms with Crippen molar-refractivity contribution >= 4 is 29.0 Å². The van der Waals surface area contributed by atoms with Gasteiger partial charge in [-0.2, -0.15) is 9.97 Å². The van der Waals surface area contributed by atoms with Crippen LogP contribution in [0.1, 0.15) is 25.8 Å². The summed E-state index contributed by atoms with van der Waals surface area (Å²) in [5.74, 6) is 1.44. The lowest BCUT2D eigenvalue weighted by atomic mass is 9.92. The van der Waals surface area contributed by atoms with Gasteiger partial charge >= 0.3 is 5.69 Å². The van der Waals surface area contributed by atoms with Crippen LogP contribution < -0.4 is 16.0 Å². The molecule has 2 aromatic rings. The van der Waals surface area contributed by atoms with Crippen LogP contribution in [0.25, 0.3) is 0 Å². The lowest BCUT2D eigenvalue weighted by molar-refractivity contribution is -0.383. The van der Waals surface area contributed by atoms with Crippen molar-refractivity contribution in [2.24, 2.45) is 11.8 Å². The highest BCUT2D eigenvalue weighted by Crippen LogP contribution is 2.34. The Hall–Kier alpha value is -2.90. The maximum absolute atomic E-state index is 11.5. The van der Waals surface area contributed by atoms with Gasteiger partial charge in [-0.1, -0.05) is 26.0 Å². The molecule has 3 N–H and O–H groups in total. The second-order valence-corrected chi connectivity index (χ2v) is 7.21. The number of hydrogen-bond donors (Lipinski definition) is 2. The molecular formula is C18H24N6O2. The van der Waals surface area contributed by atoms with E-state index >= 15 is 0 Å². The number of aromatic nitrogens is 2. The molecule has 2 atom stereocenters. The summed E-state index contributed by atoms with van der Waals surface area (Å²) in [4.78, 5) is 21.7. The first-order valence-electron chi connectivity index (χ1n) is 8.74. The van der Waals surface area contributed by atoms with E-state index in [9.17, 15) is 10.1 Å². The van der Waals surface area contributed by atoms with Crippen LogP contribution in [0, 0.1) is 28.9 Å². The van der Waals surface area contributed by atoms with Gasteiger partial charge in [0.25, 0.3) is 0 Å². The Kier molecular flexibility index (Phi) is 4.92. The van der Waals surface area contributed by atoms with Crippen LogP contribution in [0.3, 0.4) is 0 Å². The number of aryl methyl sites for hydroxylation is 1. The van der Waals surface area contributed by atoms with E-state index in [0.29, 0.717) is 17.8 Å². The van der Waals surface area contributed by atoms with Gasteiger partial charge in [-0.15, -0.1) is 0 Å². The van der Waals surface area contributed by atoms with Crippen molar-refractivity contribution in [1.82, 2.24) is 9.97 Å². The molecule has 8 nitrogen and oxygen atoms in total. The molecule has 2 heterocycles. The van der Waals surface area contributed by atoms with Gasteiger partial charge in [-0.05, 0) is 42.9 Å². The molecule has 1 saturated heterocycles. The number of anilines is 4. The fourth-order valence-corrected chi connectivity index (χ4v) is 3.55. The van der Waals surface area contributed by atoms with E-state index in [4.69, 9.17) is 5.73 Å². The Bertz CT molecular complexity index is 815. The maximum Gasteiger partial charge on any atom is 0.353 e. The van der Waals surface area contributed by atoms with Crippen molar-refractivity contribution in [3.63, 3.8) is 0 Å². The molecule has 0 bridgehead atoms. The van der Waals surface area contributed by atoms with E-state index in [1.807, 2.05) is 31.2 Å². The standard InChI is InChI=1S/C18H24N6O2/c1-11-5-4-6-14(8-11)20-17-15(24(25)26)16(19)21-18(22-17)23-9-12(2)7-13(3)10-23/h4-6,8,12-13H,7,9-10H2,1-3H3,(H3,19,20,21,22)/t12-,13+. The third kappa shape index (κ3) is 3.84. The summed E-state index contributed by atoms with van der Waals surface area (Å²) in [5, 5.41) is 14.5. The van der Waals surface area contributed by atoms with Crippen LogP contribution in [-0.4, -0.2) is 28.0 Å². The quantitative estimate of drug-likeness (QED) is 0.637. The number of nitro groups is 1. The van der Waals surface area contributed by atoms with Crippen molar-refractivity contribution in [3.05, 3.63) is 39.9 Å². The monoisotopic (exact) mass is 356 g/mol. The Morgan fingerprint density at radius 2 is 1.96 bits per heavy atom. The molecule has 0 saturated carbocycles. The van der Waals surface area contributed by atoms with E-state index in [2.05, 4.69) is 34.0 Å². The SMILES string of the molecule is Cc1cccc(Nc2nc(N3C[C@H](C)C[C@H](C)C3)nc(N)c2[N+](=O)[O-])c1. The zero-order valence-corrected chi connectivity index (χ0v) is 15.3.